The molecule has 1 fully saturated rings. The van der Waals surface area contributed by atoms with E-state index in [4.69, 9.17) is 76.5 Å². The zero-order valence-corrected chi connectivity index (χ0v) is 53.0. The third-order valence-electron chi connectivity index (χ3n) is 15.7. The SMILES string of the molecule is CO[C@@H](NC(=O)OCC(Cl)(Cl)Cl)[C@@H]1C[C@@H](O[Si](C)(C)C(C)(C)C)C(C)(C)[C@@H](C[C@H](O[Si](C)(C)C(C)(C)C)[C@@H](C)[C@H]2Cc3c(C)c(OCOCC[Si](C)(C)C)cc(O[Si](C)(C)C(C)(C)C)c3C(=O)O2)O1. The van der Waals surface area contributed by atoms with E-state index in [-0.39, 0.29) is 33.9 Å². The van der Waals surface area contributed by atoms with Crippen LogP contribution in [-0.2, 0) is 39.0 Å². The van der Waals surface area contributed by atoms with Gasteiger partial charge in [-0.15, -0.1) is 0 Å². The molecule has 1 saturated heterocycles. The Morgan fingerprint density at radius 2 is 1.43 bits per heavy atom. The molecule has 0 aromatic heterocycles. The van der Waals surface area contributed by atoms with E-state index in [0.29, 0.717) is 42.9 Å². The van der Waals surface area contributed by atoms with Crippen LogP contribution in [0.25, 0.3) is 0 Å². The summed E-state index contributed by atoms with van der Waals surface area (Å²) in [4.78, 5) is 27.8. The normalized spacial score (nSPS) is 22.3. The van der Waals surface area contributed by atoms with Crippen molar-refractivity contribution in [2.24, 2.45) is 11.3 Å². The maximum atomic E-state index is 14.7. The van der Waals surface area contributed by atoms with Crippen molar-refractivity contribution in [1.82, 2.24) is 5.32 Å². The number of ether oxygens (including phenoxy) is 6. The third kappa shape index (κ3) is 16.8. The van der Waals surface area contributed by atoms with Gasteiger partial charge in [-0.3, -0.25) is 5.32 Å². The van der Waals surface area contributed by atoms with Crippen molar-refractivity contribution in [2.45, 2.75) is 230 Å². The van der Waals surface area contributed by atoms with Gasteiger partial charge in [0.1, 0.15) is 35.9 Å². The second-order valence-electron chi connectivity index (χ2n) is 25.9. The highest BCUT2D eigenvalue weighted by atomic mass is 35.6. The van der Waals surface area contributed by atoms with Crippen LogP contribution in [0.3, 0.4) is 0 Å². The summed E-state index contributed by atoms with van der Waals surface area (Å²) in [6.07, 6.45) is -2.91. The molecule has 0 saturated carbocycles. The number of esters is 1. The van der Waals surface area contributed by atoms with Gasteiger partial charge in [-0.05, 0) is 84.9 Å². The number of hydrogen-bond acceptors (Lipinski definition) is 11. The van der Waals surface area contributed by atoms with Crippen LogP contribution in [-0.4, -0.2) is 113 Å². The van der Waals surface area contributed by atoms with Crippen molar-refractivity contribution in [3.63, 3.8) is 0 Å². The van der Waals surface area contributed by atoms with Gasteiger partial charge in [-0.25, -0.2) is 9.59 Å². The number of methoxy groups -OCH3 is 1. The number of hydrogen-bond donors (Lipinski definition) is 1. The molecule has 1 aromatic carbocycles. The number of amides is 1. The van der Waals surface area contributed by atoms with Gasteiger partial charge in [0, 0.05) is 52.0 Å². The first-order chi connectivity index (χ1) is 30.9. The number of rotatable bonds is 20. The molecule has 0 spiro atoms. The smallest absolute Gasteiger partial charge is 0.409 e. The molecule has 2 aliphatic rings. The Balaban J connectivity index is 2.17. The predicted molar refractivity (Wildman–Crippen MR) is 292 cm³/mol. The molecule has 2 heterocycles. The lowest BCUT2D eigenvalue weighted by molar-refractivity contribution is -0.211. The van der Waals surface area contributed by atoms with Crippen LogP contribution in [0.5, 0.6) is 11.5 Å². The van der Waals surface area contributed by atoms with E-state index in [1.807, 2.05) is 13.0 Å². The van der Waals surface area contributed by atoms with Crippen LogP contribution in [0.2, 0.25) is 80.1 Å². The number of fused-ring (bicyclic) bond motifs is 1. The molecule has 69 heavy (non-hydrogen) atoms. The lowest BCUT2D eigenvalue weighted by Crippen LogP contribution is -2.61. The van der Waals surface area contributed by atoms with E-state index in [2.05, 4.69) is 147 Å². The molecule has 400 valence electrons. The molecular formula is C50H92Cl3NO11Si4. The number of halogens is 3. The highest BCUT2D eigenvalue weighted by Gasteiger charge is 2.54. The zero-order chi connectivity index (χ0) is 53.3. The fourth-order valence-electron chi connectivity index (χ4n) is 7.63. The number of alkyl halides is 3. The summed E-state index contributed by atoms with van der Waals surface area (Å²) < 4.78 is 57.2. The minimum absolute atomic E-state index is 0.0875. The minimum atomic E-state index is -2.49. The molecule has 0 aliphatic carbocycles. The lowest BCUT2D eigenvalue weighted by atomic mass is 9.73. The Kier molecular flexibility index (Phi) is 20.7. The topological polar surface area (TPSA) is 129 Å². The molecule has 0 bridgehead atoms. The zero-order valence-electron chi connectivity index (χ0n) is 46.7. The number of benzene rings is 1. The molecule has 1 N–H and O–H groups in total. The van der Waals surface area contributed by atoms with Gasteiger partial charge in [-0.1, -0.05) is 138 Å². The van der Waals surface area contributed by atoms with E-state index in [9.17, 15) is 9.59 Å². The summed E-state index contributed by atoms with van der Waals surface area (Å²) in [6.45, 7) is 48.9. The number of nitrogens with one attached hydrogen (secondary N) is 1. The van der Waals surface area contributed by atoms with Gasteiger partial charge in [0.25, 0.3) is 8.32 Å². The Bertz CT molecular complexity index is 1900. The number of carbonyl (C=O) groups is 2. The van der Waals surface area contributed by atoms with Crippen LogP contribution in [0.15, 0.2) is 6.07 Å². The number of cyclic esters (lactones) is 1. The molecular weight excluding hydrogens is 1010 g/mol. The first-order valence-electron chi connectivity index (χ1n) is 24.8. The van der Waals surface area contributed by atoms with Crippen molar-refractivity contribution in [3.05, 3.63) is 22.8 Å². The van der Waals surface area contributed by atoms with Crippen molar-refractivity contribution in [3.8, 4) is 11.5 Å². The average Bonchev–Trinajstić information content (AvgIpc) is 3.16. The van der Waals surface area contributed by atoms with Gasteiger partial charge in [0.2, 0.25) is 3.79 Å². The predicted octanol–water partition coefficient (Wildman–Crippen LogP) is 14.2. The van der Waals surface area contributed by atoms with Gasteiger partial charge < -0.3 is 41.7 Å². The second-order valence-corrected chi connectivity index (χ2v) is 48.3. The van der Waals surface area contributed by atoms with Crippen LogP contribution in [0, 0.1) is 18.3 Å². The van der Waals surface area contributed by atoms with E-state index < -0.39 is 91.5 Å². The molecule has 1 amide bonds. The average molecular weight is 1100 g/mol. The number of alkyl carbamates (subject to hydrolysis) is 1. The fraction of sp³-hybridized carbons (Fsp3) is 0.840. The summed E-state index contributed by atoms with van der Waals surface area (Å²) in [5, 5.41) is 2.43. The molecule has 19 heteroatoms. The van der Waals surface area contributed by atoms with Crippen molar-refractivity contribution < 1.29 is 51.3 Å². The van der Waals surface area contributed by atoms with Crippen LogP contribution < -0.4 is 14.5 Å². The summed E-state index contributed by atoms with van der Waals surface area (Å²) in [6, 6.07) is 2.88. The monoisotopic (exact) mass is 1100 g/mol. The summed E-state index contributed by atoms with van der Waals surface area (Å²) >= 11 is 17.7. The maximum absolute atomic E-state index is 14.7. The molecule has 3 rings (SSSR count). The number of carbonyl (C=O) groups excluding carboxylic acids is 2. The van der Waals surface area contributed by atoms with Crippen LogP contribution in [0.4, 0.5) is 4.79 Å². The van der Waals surface area contributed by atoms with Crippen molar-refractivity contribution >= 4 is 79.9 Å². The van der Waals surface area contributed by atoms with Gasteiger partial charge in [0.15, 0.2) is 29.7 Å². The molecule has 7 atom stereocenters. The first kappa shape index (κ1) is 62.4. The molecule has 0 unspecified atom stereocenters. The van der Waals surface area contributed by atoms with Gasteiger partial charge in [-0.2, -0.15) is 0 Å². The van der Waals surface area contributed by atoms with E-state index in [1.54, 1.807) is 0 Å². The van der Waals surface area contributed by atoms with Crippen molar-refractivity contribution in [1.29, 1.82) is 0 Å². The quantitative estimate of drug-likeness (QED) is 0.0440. The highest BCUT2D eigenvalue weighted by molar-refractivity contribution is 6.76. The third-order valence-corrected chi connectivity index (χ3v) is 31.1. The lowest BCUT2D eigenvalue weighted by Gasteiger charge is -2.53. The molecule has 0 radical (unpaired) electrons. The molecule has 1 aromatic rings. The maximum Gasteiger partial charge on any atom is 0.409 e. The fourth-order valence-corrected chi connectivity index (χ4v) is 12.5. The van der Waals surface area contributed by atoms with E-state index in [0.717, 1.165) is 17.2 Å². The Morgan fingerprint density at radius 1 is 0.870 bits per heavy atom. The van der Waals surface area contributed by atoms with Crippen molar-refractivity contribution in [2.75, 3.05) is 27.1 Å². The standard InChI is InChI=1S/C50H92Cl3NO11Si4/c1-32-34-26-36(62-44(55)42(34)38(64-68(20,21)47(6,7)8)27-35(32)60-31-58-24-25-66(15,16)17)33(2)37(63-67(18,19)46(3,4)5)28-40-49(12,13)41(65-69(22,23)48(9,10)11)29-39(61-40)43(57-14)54-45(56)59-30-50(51,52)53/h27,33,36-37,39-41,43H,24-26,28-31H2,1-23H3,(H,54,56)/t33-,36+,37-,39-,40+,41+,43+/m0/s1. The second kappa shape index (κ2) is 22.9. The first-order valence-corrected chi connectivity index (χ1v) is 38.3. The van der Waals surface area contributed by atoms with E-state index in [1.165, 1.54) is 7.11 Å². The minimum Gasteiger partial charge on any atom is -0.543 e. The van der Waals surface area contributed by atoms with Crippen LogP contribution in [0.1, 0.15) is 117 Å². The summed E-state index contributed by atoms with van der Waals surface area (Å²) in [7, 11) is -7.09. The Morgan fingerprint density at radius 3 is 1.94 bits per heavy atom. The summed E-state index contributed by atoms with van der Waals surface area (Å²) in [5.41, 5.74) is 1.59. The van der Waals surface area contributed by atoms with Crippen LogP contribution >= 0.6 is 34.8 Å². The highest BCUT2D eigenvalue weighted by Crippen LogP contribution is 2.49. The molecule has 2 aliphatic heterocycles. The largest absolute Gasteiger partial charge is 0.543 e. The van der Waals surface area contributed by atoms with E-state index >= 15 is 0 Å². The Hall–Kier alpha value is -0.902. The summed E-state index contributed by atoms with van der Waals surface area (Å²) in [5.74, 6) is 0.377. The van der Waals surface area contributed by atoms with Gasteiger partial charge >= 0.3 is 12.1 Å². The molecule has 12 nitrogen and oxygen atoms in total. The Labute approximate surface area is 436 Å². The van der Waals surface area contributed by atoms with Gasteiger partial charge in [0.05, 0.1) is 18.3 Å².